The van der Waals surface area contributed by atoms with Crippen molar-refractivity contribution in [2.45, 2.75) is 52.4 Å². The van der Waals surface area contributed by atoms with Crippen molar-refractivity contribution in [3.05, 3.63) is 35.9 Å². The van der Waals surface area contributed by atoms with Gasteiger partial charge in [-0.1, -0.05) is 63.8 Å². The lowest BCUT2D eigenvalue weighted by Crippen LogP contribution is -1.89. The maximum Gasteiger partial charge on any atom is -0.0149 e. The predicted molar refractivity (Wildman–Crippen MR) is 66.9 cm³/mol. The van der Waals surface area contributed by atoms with Gasteiger partial charge in [0.1, 0.15) is 0 Å². The first-order valence-corrected chi connectivity index (χ1v) is 6.24. The maximum atomic E-state index is 3.28. The lowest BCUT2D eigenvalue weighted by atomic mass is 10.0. The van der Waals surface area contributed by atoms with Crippen LogP contribution < -0.4 is 0 Å². The molecule has 15 heavy (non-hydrogen) atoms. The zero-order valence-electron chi connectivity index (χ0n) is 10.1. The summed E-state index contributed by atoms with van der Waals surface area (Å²) in [6, 6.07) is 11.6. The van der Waals surface area contributed by atoms with Gasteiger partial charge in [-0.15, -0.1) is 0 Å². The van der Waals surface area contributed by atoms with Gasteiger partial charge < -0.3 is 0 Å². The van der Waals surface area contributed by atoms with Gasteiger partial charge in [0.2, 0.25) is 0 Å². The summed E-state index contributed by atoms with van der Waals surface area (Å²) in [5, 5.41) is 0. The molecule has 0 aliphatic heterocycles. The van der Waals surface area contributed by atoms with Crippen molar-refractivity contribution in [3.63, 3.8) is 0 Å². The molecular weight excluding hydrogens is 180 g/mol. The zero-order chi connectivity index (χ0) is 10.9. The van der Waals surface area contributed by atoms with Crippen molar-refractivity contribution in [2.24, 2.45) is 5.92 Å². The molecule has 0 saturated heterocycles. The molecular formula is C15H23. The van der Waals surface area contributed by atoms with Crippen molar-refractivity contribution >= 4 is 0 Å². The Kier molecular flexibility index (Phi) is 6.15. The monoisotopic (exact) mass is 203 g/mol. The van der Waals surface area contributed by atoms with E-state index < -0.39 is 0 Å². The average molecular weight is 203 g/mol. The highest BCUT2D eigenvalue weighted by molar-refractivity contribution is 5.12. The smallest absolute Gasteiger partial charge is 0.0149 e. The first kappa shape index (κ1) is 12.3. The fraction of sp³-hybridized carbons (Fsp3) is 0.600. The van der Waals surface area contributed by atoms with Gasteiger partial charge in [-0.2, -0.15) is 0 Å². The quantitative estimate of drug-likeness (QED) is 0.566. The SMILES string of the molecule is CC(C)CCCCCCc1[c]cccc1. The second-order valence-corrected chi connectivity index (χ2v) is 4.73. The van der Waals surface area contributed by atoms with E-state index >= 15 is 0 Å². The molecule has 0 atom stereocenters. The fourth-order valence-electron chi connectivity index (χ4n) is 1.81. The van der Waals surface area contributed by atoms with E-state index in [1.54, 1.807) is 0 Å². The van der Waals surface area contributed by atoms with Gasteiger partial charge in [-0.25, -0.2) is 0 Å². The molecule has 1 aromatic carbocycles. The summed E-state index contributed by atoms with van der Waals surface area (Å²) in [5.41, 5.74) is 1.36. The standard InChI is InChI=1S/C15H23/c1-14(2)10-6-3-4-7-11-15-12-8-5-9-13-15/h5,8-9,12,14H,3-4,6-7,10-11H2,1-2H3. The van der Waals surface area contributed by atoms with Crippen LogP contribution in [0.3, 0.4) is 0 Å². The van der Waals surface area contributed by atoms with Crippen molar-refractivity contribution < 1.29 is 0 Å². The van der Waals surface area contributed by atoms with Gasteiger partial charge in [0.15, 0.2) is 0 Å². The van der Waals surface area contributed by atoms with Gasteiger partial charge in [-0.05, 0) is 30.4 Å². The summed E-state index contributed by atoms with van der Waals surface area (Å²) >= 11 is 0. The molecule has 0 bridgehead atoms. The Morgan fingerprint density at radius 2 is 1.87 bits per heavy atom. The average Bonchev–Trinajstić information content (AvgIpc) is 2.24. The fourth-order valence-corrected chi connectivity index (χ4v) is 1.81. The van der Waals surface area contributed by atoms with Crippen LogP contribution in [0.1, 0.15) is 51.5 Å². The molecule has 0 amide bonds. The first-order valence-electron chi connectivity index (χ1n) is 6.24. The van der Waals surface area contributed by atoms with Crippen molar-refractivity contribution in [3.8, 4) is 0 Å². The summed E-state index contributed by atoms with van der Waals surface area (Å²) in [7, 11) is 0. The Morgan fingerprint density at radius 1 is 1.07 bits per heavy atom. The first-order chi connectivity index (χ1) is 7.29. The van der Waals surface area contributed by atoms with Gasteiger partial charge in [0, 0.05) is 0 Å². The molecule has 0 heterocycles. The summed E-state index contributed by atoms with van der Waals surface area (Å²) < 4.78 is 0. The van der Waals surface area contributed by atoms with Crippen molar-refractivity contribution in [1.29, 1.82) is 0 Å². The molecule has 0 fully saturated rings. The molecule has 1 radical (unpaired) electrons. The van der Waals surface area contributed by atoms with Gasteiger partial charge in [-0.3, -0.25) is 0 Å². The van der Waals surface area contributed by atoms with Gasteiger partial charge >= 0.3 is 0 Å². The number of hydrogen-bond donors (Lipinski definition) is 0. The molecule has 1 aromatic rings. The van der Waals surface area contributed by atoms with E-state index in [-0.39, 0.29) is 0 Å². The Hall–Kier alpha value is -0.780. The topological polar surface area (TPSA) is 0 Å². The van der Waals surface area contributed by atoms with Crippen LogP contribution in [0, 0.1) is 12.0 Å². The molecule has 0 spiro atoms. The predicted octanol–water partition coefficient (Wildman–Crippen LogP) is 4.64. The van der Waals surface area contributed by atoms with Crippen LogP contribution in [-0.4, -0.2) is 0 Å². The number of rotatable bonds is 7. The Morgan fingerprint density at radius 3 is 2.53 bits per heavy atom. The molecule has 0 aromatic heterocycles. The van der Waals surface area contributed by atoms with E-state index in [1.807, 2.05) is 12.1 Å². The molecule has 0 aliphatic carbocycles. The number of aryl methyl sites for hydroxylation is 1. The van der Waals surface area contributed by atoms with E-state index in [1.165, 1.54) is 44.1 Å². The summed E-state index contributed by atoms with van der Waals surface area (Å²) in [6.07, 6.45) is 8.06. The van der Waals surface area contributed by atoms with Crippen LogP contribution in [0.2, 0.25) is 0 Å². The second-order valence-electron chi connectivity index (χ2n) is 4.73. The van der Waals surface area contributed by atoms with E-state index in [0.717, 1.165) is 5.92 Å². The molecule has 83 valence electrons. The number of unbranched alkanes of at least 4 members (excludes halogenated alkanes) is 3. The number of hydrogen-bond acceptors (Lipinski definition) is 0. The second kappa shape index (κ2) is 7.50. The highest BCUT2D eigenvalue weighted by atomic mass is 14.0. The number of benzene rings is 1. The highest BCUT2D eigenvalue weighted by Crippen LogP contribution is 2.11. The zero-order valence-corrected chi connectivity index (χ0v) is 10.1. The maximum absolute atomic E-state index is 3.28. The summed E-state index contributed by atoms with van der Waals surface area (Å²) in [5.74, 6) is 0.868. The summed E-state index contributed by atoms with van der Waals surface area (Å²) in [6.45, 7) is 4.61. The summed E-state index contributed by atoms with van der Waals surface area (Å²) in [4.78, 5) is 0. The normalized spacial score (nSPS) is 10.9. The third-order valence-electron chi connectivity index (χ3n) is 2.75. The minimum atomic E-state index is 0.868. The highest BCUT2D eigenvalue weighted by Gasteiger charge is 1.95. The van der Waals surface area contributed by atoms with Crippen LogP contribution in [0.5, 0.6) is 0 Å². The van der Waals surface area contributed by atoms with Gasteiger partial charge in [0.05, 0.1) is 0 Å². The molecule has 1 rings (SSSR count). The van der Waals surface area contributed by atoms with Crippen molar-refractivity contribution in [1.82, 2.24) is 0 Å². The van der Waals surface area contributed by atoms with Gasteiger partial charge in [0.25, 0.3) is 0 Å². The largest absolute Gasteiger partial charge is 0.0628 e. The molecule has 0 nitrogen and oxygen atoms in total. The van der Waals surface area contributed by atoms with Crippen LogP contribution >= 0.6 is 0 Å². The molecule has 0 aliphatic rings. The third kappa shape index (κ3) is 6.33. The molecule has 0 N–H and O–H groups in total. The Labute approximate surface area is 94.7 Å². The van der Waals surface area contributed by atoms with E-state index in [0.29, 0.717) is 0 Å². The minimum absolute atomic E-state index is 0.868. The molecule has 0 heteroatoms. The minimum Gasteiger partial charge on any atom is -0.0628 e. The lowest BCUT2D eigenvalue weighted by Gasteiger charge is -2.04. The van der Waals surface area contributed by atoms with Crippen LogP contribution in [0.15, 0.2) is 24.3 Å². The Bertz CT molecular complexity index is 235. The molecule has 0 saturated carbocycles. The van der Waals surface area contributed by atoms with Crippen LogP contribution in [0.4, 0.5) is 0 Å². The van der Waals surface area contributed by atoms with E-state index in [2.05, 4.69) is 32.0 Å². The van der Waals surface area contributed by atoms with Crippen molar-refractivity contribution in [2.75, 3.05) is 0 Å². The molecule has 0 unspecified atom stereocenters. The third-order valence-corrected chi connectivity index (χ3v) is 2.75. The lowest BCUT2D eigenvalue weighted by molar-refractivity contribution is 0.520. The van der Waals surface area contributed by atoms with Crippen LogP contribution in [-0.2, 0) is 6.42 Å². The van der Waals surface area contributed by atoms with E-state index in [4.69, 9.17) is 0 Å². The van der Waals surface area contributed by atoms with Crippen LogP contribution in [0.25, 0.3) is 0 Å². The Balaban J connectivity index is 1.98. The van der Waals surface area contributed by atoms with E-state index in [9.17, 15) is 0 Å².